The van der Waals surface area contributed by atoms with Crippen LogP contribution in [0.15, 0.2) is 24.3 Å². The summed E-state index contributed by atoms with van der Waals surface area (Å²) in [5.74, 6) is 0.845. The van der Waals surface area contributed by atoms with Gasteiger partial charge in [0.05, 0.1) is 0 Å². The first-order valence-electron chi connectivity index (χ1n) is 11.7. The maximum atomic E-state index is 12.9. The molecule has 4 aliphatic carbocycles. The van der Waals surface area contributed by atoms with Crippen molar-refractivity contribution in [2.75, 3.05) is 18.4 Å². The maximum Gasteiger partial charge on any atom is 0.319 e. The Morgan fingerprint density at radius 2 is 1.53 bits per heavy atom. The van der Waals surface area contributed by atoms with Crippen molar-refractivity contribution in [3.63, 3.8) is 0 Å². The Labute approximate surface area is 180 Å². The zero-order chi connectivity index (χ0) is 21.0. The highest BCUT2D eigenvalue weighted by Crippen LogP contribution is 2.66. The molecule has 0 spiro atoms. The molecule has 5 fully saturated rings. The minimum absolute atomic E-state index is 0.0584. The van der Waals surface area contributed by atoms with Crippen molar-refractivity contribution >= 4 is 17.6 Å². The van der Waals surface area contributed by atoms with Gasteiger partial charge in [-0.25, -0.2) is 4.79 Å². The van der Waals surface area contributed by atoms with Crippen LogP contribution in [0, 0.1) is 16.7 Å². The number of likely N-dealkylation sites (tertiary alicyclic amines) is 1. The second-order valence-electron chi connectivity index (χ2n) is 11.4. The number of hydrogen-bond donors (Lipinski definition) is 2. The van der Waals surface area contributed by atoms with E-state index in [9.17, 15) is 9.59 Å². The van der Waals surface area contributed by atoms with Crippen LogP contribution in [0.5, 0.6) is 0 Å². The van der Waals surface area contributed by atoms with Crippen LogP contribution in [0.3, 0.4) is 0 Å². The first-order valence-corrected chi connectivity index (χ1v) is 11.7. The third-order valence-corrected chi connectivity index (χ3v) is 8.04. The van der Waals surface area contributed by atoms with Gasteiger partial charge in [-0.05, 0) is 98.8 Å². The number of piperidine rings is 1. The van der Waals surface area contributed by atoms with E-state index in [0.717, 1.165) is 56.8 Å². The lowest BCUT2D eigenvalue weighted by atomic mass is 9.43. The summed E-state index contributed by atoms with van der Waals surface area (Å²) in [6.07, 6.45) is 10.6. The quantitative estimate of drug-likeness (QED) is 0.722. The Morgan fingerprint density at radius 1 is 0.900 bits per heavy atom. The molecule has 5 nitrogen and oxygen atoms in total. The Kier molecular flexibility index (Phi) is 4.64. The summed E-state index contributed by atoms with van der Waals surface area (Å²) in [5, 5.41) is 6.40. The molecule has 4 bridgehead atoms. The highest BCUT2D eigenvalue weighted by atomic mass is 16.2. The van der Waals surface area contributed by atoms with E-state index >= 15 is 0 Å². The zero-order valence-electron chi connectivity index (χ0n) is 18.4. The monoisotopic (exact) mass is 409 g/mol. The summed E-state index contributed by atoms with van der Waals surface area (Å²) < 4.78 is 0. The van der Waals surface area contributed by atoms with Gasteiger partial charge in [-0.15, -0.1) is 0 Å². The summed E-state index contributed by atoms with van der Waals surface area (Å²) in [7, 11) is 0. The SMILES string of the molecule is C[C@]12CC3CC(NC(=O)Nc4ccc(C(=O)N5CCCCC5)cc4)(C1)C[C@@](C)(C3)C2. The number of carbonyl (C=O) groups excluding carboxylic acids is 2. The molecule has 0 radical (unpaired) electrons. The molecule has 5 aliphatic rings. The number of nitrogens with one attached hydrogen (secondary N) is 2. The highest BCUT2D eigenvalue weighted by Gasteiger charge is 2.60. The molecule has 2 N–H and O–H groups in total. The predicted molar refractivity (Wildman–Crippen MR) is 118 cm³/mol. The van der Waals surface area contributed by atoms with Crippen molar-refractivity contribution in [1.82, 2.24) is 10.2 Å². The Bertz CT molecular complexity index is 824. The Morgan fingerprint density at radius 3 is 2.13 bits per heavy atom. The van der Waals surface area contributed by atoms with Crippen molar-refractivity contribution in [3.8, 4) is 0 Å². The Hall–Kier alpha value is -2.04. The standard InChI is InChI=1S/C25H35N3O2/c1-23-12-18-13-24(2,15-23)17-25(14-18,16-23)27-22(30)26-20-8-6-19(7-9-20)21(29)28-10-4-3-5-11-28/h6-9,18H,3-5,10-17H2,1-2H3,(H2,26,27,30)/t18?,23-,24+,25?. The van der Waals surface area contributed by atoms with E-state index < -0.39 is 0 Å². The van der Waals surface area contributed by atoms with Crippen molar-refractivity contribution in [2.24, 2.45) is 16.7 Å². The number of anilines is 1. The molecule has 30 heavy (non-hydrogen) atoms. The first kappa shape index (κ1) is 19.9. The van der Waals surface area contributed by atoms with Crippen LogP contribution in [0.25, 0.3) is 0 Å². The van der Waals surface area contributed by atoms with Gasteiger partial charge in [0.2, 0.25) is 0 Å². The number of hydrogen-bond acceptors (Lipinski definition) is 2. The third-order valence-electron chi connectivity index (χ3n) is 8.04. The number of carbonyl (C=O) groups is 2. The fraction of sp³-hybridized carbons (Fsp3) is 0.680. The average Bonchev–Trinajstić information content (AvgIpc) is 2.65. The minimum Gasteiger partial charge on any atom is -0.339 e. The van der Waals surface area contributed by atoms with Crippen molar-refractivity contribution < 1.29 is 9.59 Å². The molecule has 1 aliphatic heterocycles. The fourth-order valence-corrected chi connectivity index (χ4v) is 7.97. The molecule has 1 aromatic carbocycles. The van der Waals surface area contributed by atoms with Gasteiger partial charge in [0.1, 0.15) is 0 Å². The smallest absolute Gasteiger partial charge is 0.319 e. The third kappa shape index (κ3) is 3.72. The molecule has 162 valence electrons. The van der Waals surface area contributed by atoms with Gasteiger partial charge in [-0.2, -0.15) is 0 Å². The van der Waals surface area contributed by atoms with Gasteiger partial charge in [-0.3, -0.25) is 4.79 Å². The summed E-state index contributed by atoms with van der Waals surface area (Å²) in [5.41, 5.74) is 2.13. The van der Waals surface area contributed by atoms with Crippen molar-refractivity contribution in [1.29, 1.82) is 0 Å². The van der Waals surface area contributed by atoms with Crippen LogP contribution >= 0.6 is 0 Å². The van der Waals surface area contributed by atoms with Crippen LogP contribution in [-0.2, 0) is 0 Å². The molecule has 1 heterocycles. The molecule has 3 amide bonds. The van der Waals surface area contributed by atoms with Crippen LogP contribution in [-0.4, -0.2) is 35.5 Å². The van der Waals surface area contributed by atoms with Gasteiger partial charge in [0.15, 0.2) is 0 Å². The number of rotatable bonds is 3. The molecule has 0 aromatic heterocycles. The van der Waals surface area contributed by atoms with Gasteiger partial charge >= 0.3 is 6.03 Å². The molecule has 4 saturated carbocycles. The molecular weight excluding hydrogens is 374 g/mol. The molecule has 1 saturated heterocycles. The molecule has 2 unspecified atom stereocenters. The summed E-state index contributed by atoms with van der Waals surface area (Å²) in [4.78, 5) is 27.4. The summed E-state index contributed by atoms with van der Waals surface area (Å²) in [6.45, 7) is 6.54. The fourth-order valence-electron chi connectivity index (χ4n) is 7.97. The summed E-state index contributed by atoms with van der Waals surface area (Å²) in [6, 6.07) is 7.25. The lowest BCUT2D eigenvalue weighted by Crippen LogP contribution is -2.65. The summed E-state index contributed by atoms with van der Waals surface area (Å²) >= 11 is 0. The Balaban J connectivity index is 1.22. The van der Waals surface area contributed by atoms with E-state index in [1.807, 2.05) is 29.2 Å². The lowest BCUT2D eigenvalue weighted by molar-refractivity contribution is -0.113. The van der Waals surface area contributed by atoms with Crippen LogP contribution < -0.4 is 10.6 Å². The largest absolute Gasteiger partial charge is 0.339 e. The second-order valence-corrected chi connectivity index (χ2v) is 11.4. The van der Waals surface area contributed by atoms with E-state index in [1.54, 1.807) is 0 Å². The van der Waals surface area contributed by atoms with Gasteiger partial charge < -0.3 is 15.5 Å². The van der Waals surface area contributed by atoms with E-state index in [-0.39, 0.29) is 17.5 Å². The van der Waals surface area contributed by atoms with Crippen molar-refractivity contribution in [3.05, 3.63) is 29.8 Å². The zero-order valence-corrected chi connectivity index (χ0v) is 18.4. The highest BCUT2D eigenvalue weighted by molar-refractivity contribution is 5.95. The van der Waals surface area contributed by atoms with Crippen molar-refractivity contribution in [2.45, 2.75) is 77.2 Å². The van der Waals surface area contributed by atoms with E-state index in [0.29, 0.717) is 16.4 Å². The number of benzene rings is 1. The molecule has 1 aromatic rings. The second kappa shape index (κ2) is 7.00. The van der Waals surface area contributed by atoms with Crippen LogP contribution in [0.4, 0.5) is 10.5 Å². The number of urea groups is 1. The van der Waals surface area contributed by atoms with Crippen LogP contribution in [0.1, 0.15) is 82.0 Å². The normalized spacial score (nSPS) is 37.1. The van der Waals surface area contributed by atoms with Gasteiger partial charge in [0.25, 0.3) is 5.91 Å². The predicted octanol–water partition coefficient (Wildman–Crippen LogP) is 5.18. The molecule has 4 atom stereocenters. The molecule has 5 heteroatoms. The maximum absolute atomic E-state index is 12.9. The molecule has 6 rings (SSSR count). The van der Waals surface area contributed by atoms with E-state index in [2.05, 4.69) is 24.5 Å². The lowest BCUT2D eigenvalue weighted by Gasteiger charge is -2.65. The van der Waals surface area contributed by atoms with E-state index in [4.69, 9.17) is 0 Å². The number of amides is 3. The topological polar surface area (TPSA) is 61.4 Å². The minimum atomic E-state index is -0.112. The van der Waals surface area contributed by atoms with Gasteiger partial charge in [0, 0.05) is 29.9 Å². The average molecular weight is 410 g/mol. The van der Waals surface area contributed by atoms with Gasteiger partial charge in [-0.1, -0.05) is 13.8 Å². The first-order chi connectivity index (χ1) is 14.3. The molecular formula is C25H35N3O2. The van der Waals surface area contributed by atoms with E-state index in [1.165, 1.54) is 25.7 Å². The van der Waals surface area contributed by atoms with Crippen LogP contribution in [0.2, 0.25) is 0 Å². The number of nitrogens with zero attached hydrogens (tertiary/aromatic N) is 1.